The summed E-state index contributed by atoms with van der Waals surface area (Å²) in [4.78, 5) is 4.04. The smallest absolute Gasteiger partial charge is 0.0994 e. The van der Waals surface area contributed by atoms with E-state index in [1.54, 1.807) is 12.5 Å². The second kappa shape index (κ2) is 4.25. The van der Waals surface area contributed by atoms with E-state index in [4.69, 9.17) is 10.8 Å². The van der Waals surface area contributed by atoms with Crippen molar-refractivity contribution in [2.24, 2.45) is 5.73 Å². The fourth-order valence-corrected chi connectivity index (χ4v) is 1.48. The molecule has 0 bridgehead atoms. The van der Waals surface area contributed by atoms with Crippen LogP contribution in [0.15, 0.2) is 42.9 Å². The number of imidazole rings is 1. The van der Waals surface area contributed by atoms with E-state index in [1.165, 1.54) is 0 Å². The lowest BCUT2D eigenvalue weighted by Crippen LogP contribution is -2.17. The van der Waals surface area contributed by atoms with E-state index in [0.717, 1.165) is 11.4 Å². The molecule has 1 heterocycles. The van der Waals surface area contributed by atoms with Gasteiger partial charge in [-0.25, -0.2) is 4.98 Å². The summed E-state index contributed by atoms with van der Waals surface area (Å²) in [7, 11) is 0. The Morgan fingerprint density at radius 3 is 2.73 bits per heavy atom. The lowest BCUT2D eigenvalue weighted by Gasteiger charge is -2.11. The Hall–Kier alpha value is -1.65. The maximum atomic E-state index is 9.01. The van der Waals surface area contributed by atoms with Gasteiger partial charge in [-0.3, -0.25) is 0 Å². The van der Waals surface area contributed by atoms with Gasteiger partial charge in [-0.2, -0.15) is 0 Å². The summed E-state index contributed by atoms with van der Waals surface area (Å²) in [6.07, 6.45) is 3.37. The predicted octanol–water partition coefficient (Wildman–Crippen LogP) is 0.864. The van der Waals surface area contributed by atoms with Crippen LogP contribution in [0.2, 0.25) is 0 Å². The monoisotopic (exact) mass is 203 g/mol. The average Bonchev–Trinajstić information content (AvgIpc) is 2.78. The molecule has 0 aliphatic carbocycles. The first kappa shape index (κ1) is 9.89. The fraction of sp³-hybridized carbons (Fsp3) is 0.182. The Morgan fingerprint density at radius 2 is 2.07 bits per heavy atom. The number of rotatable bonds is 3. The minimum Gasteiger partial charge on any atom is -0.394 e. The molecular formula is C11H13N3O. The number of aliphatic hydroxyl groups excluding tert-OH is 1. The third-order valence-corrected chi connectivity index (χ3v) is 2.28. The Labute approximate surface area is 88.0 Å². The highest BCUT2D eigenvalue weighted by molar-refractivity contribution is 5.33. The Bertz CT molecular complexity index is 424. The number of nitrogens with two attached hydrogens (primary N) is 1. The zero-order valence-electron chi connectivity index (χ0n) is 8.24. The molecule has 2 aromatic rings. The zero-order chi connectivity index (χ0) is 10.7. The molecule has 15 heavy (non-hydrogen) atoms. The van der Waals surface area contributed by atoms with Crippen LogP contribution in [0, 0.1) is 0 Å². The standard InChI is InChI=1S/C11H13N3O/c12-10(7-15)11-6-13-8-14(11)9-4-2-1-3-5-9/h1-6,8,10,15H,7,12H2. The SMILES string of the molecule is NC(CO)c1cncn1-c1ccccc1. The van der Waals surface area contributed by atoms with Crippen LogP contribution in [0.5, 0.6) is 0 Å². The zero-order valence-corrected chi connectivity index (χ0v) is 8.24. The molecular weight excluding hydrogens is 190 g/mol. The number of para-hydroxylation sites is 1. The van der Waals surface area contributed by atoms with Gasteiger partial charge in [0.05, 0.1) is 30.9 Å². The first-order chi connectivity index (χ1) is 7.33. The summed E-state index contributed by atoms with van der Waals surface area (Å²) in [5, 5.41) is 9.01. The van der Waals surface area contributed by atoms with Crippen LogP contribution in [0.25, 0.3) is 5.69 Å². The molecule has 1 unspecified atom stereocenters. The van der Waals surface area contributed by atoms with E-state index in [0.29, 0.717) is 0 Å². The van der Waals surface area contributed by atoms with Crippen LogP contribution in [0.1, 0.15) is 11.7 Å². The second-order valence-corrected chi connectivity index (χ2v) is 3.31. The van der Waals surface area contributed by atoms with Crippen molar-refractivity contribution in [2.45, 2.75) is 6.04 Å². The Kier molecular flexibility index (Phi) is 2.80. The highest BCUT2D eigenvalue weighted by Gasteiger charge is 2.10. The van der Waals surface area contributed by atoms with Gasteiger partial charge in [0.2, 0.25) is 0 Å². The van der Waals surface area contributed by atoms with Crippen molar-refractivity contribution in [3.05, 3.63) is 48.5 Å². The third-order valence-electron chi connectivity index (χ3n) is 2.28. The molecule has 1 aromatic heterocycles. The van der Waals surface area contributed by atoms with Gasteiger partial charge in [0.1, 0.15) is 0 Å². The molecule has 0 radical (unpaired) electrons. The number of benzene rings is 1. The molecule has 2 rings (SSSR count). The second-order valence-electron chi connectivity index (χ2n) is 3.31. The fourth-order valence-electron chi connectivity index (χ4n) is 1.48. The van der Waals surface area contributed by atoms with Crippen molar-refractivity contribution in [3.63, 3.8) is 0 Å². The number of aromatic nitrogens is 2. The van der Waals surface area contributed by atoms with Crippen molar-refractivity contribution >= 4 is 0 Å². The summed E-state index contributed by atoms with van der Waals surface area (Å²) < 4.78 is 1.88. The van der Waals surface area contributed by atoms with Gasteiger partial charge in [0.25, 0.3) is 0 Å². The van der Waals surface area contributed by atoms with E-state index in [1.807, 2.05) is 34.9 Å². The number of aliphatic hydroxyl groups is 1. The largest absolute Gasteiger partial charge is 0.394 e. The molecule has 3 N–H and O–H groups in total. The molecule has 0 saturated carbocycles. The average molecular weight is 203 g/mol. The molecule has 0 saturated heterocycles. The Balaban J connectivity index is 2.41. The van der Waals surface area contributed by atoms with Crippen molar-refractivity contribution in [2.75, 3.05) is 6.61 Å². The lowest BCUT2D eigenvalue weighted by molar-refractivity contribution is 0.265. The number of hydrogen-bond donors (Lipinski definition) is 2. The first-order valence-electron chi connectivity index (χ1n) is 4.77. The molecule has 0 aliphatic rings. The molecule has 0 spiro atoms. The number of nitrogens with zero attached hydrogens (tertiary/aromatic N) is 2. The Morgan fingerprint density at radius 1 is 1.33 bits per heavy atom. The van der Waals surface area contributed by atoms with Gasteiger partial charge >= 0.3 is 0 Å². The normalized spacial score (nSPS) is 12.7. The maximum Gasteiger partial charge on any atom is 0.0994 e. The summed E-state index contributed by atoms with van der Waals surface area (Å²) in [6.45, 7) is -0.0848. The third kappa shape index (κ3) is 1.91. The number of hydrogen-bond acceptors (Lipinski definition) is 3. The molecule has 4 heteroatoms. The maximum absolute atomic E-state index is 9.01. The lowest BCUT2D eigenvalue weighted by atomic mass is 10.2. The molecule has 0 aliphatic heterocycles. The predicted molar refractivity (Wildman–Crippen MR) is 57.6 cm³/mol. The highest BCUT2D eigenvalue weighted by atomic mass is 16.3. The first-order valence-corrected chi connectivity index (χ1v) is 4.77. The van der Waals surface area contributed by atoms with Gasteiger partial charge < -0.3 is 15.4 Å². The van der Waals surface area contributed by atoms with Crippen LogP contribution in [0.4, 0.5) is 0 Å². The molecule has 0 amide bonds. The van der Waals surface area contributed by atoms with E-state index >= 15 is 0 Å². The molecule has 4 nitrogen and oxygen atoms in total. The van der Waals surface area contributed by atoms with Crippen LogP contribution >= 0.6 is 0 Å². The van der Waals surface area contributed by atoms with Crippen LogP contribution in [-0.2, 0) is 0 Å². The van der Waals surface area contributed by atoms with Crippen LogP contribution in [-0.4, -0.2) is 21.3 Å². The quantitative estimate of drug-likeness (QED) is 0.777. The van der Waals surface area contributed by atoms with Crippen LogP contribution < -0.4 is 5.73 Å². The van der Waals surface area contributed by atoms with Gasteiger partial charge in [-0.05, 0) is 12.1 Å². The topological polar surface area (TPSA) is 64.1 Å². The molecule has 0 fully saturated rings. The molecule has 78 valence electrons. The molecule has 1 atom stereocenters. The molecule has 1 aromatic carbocycles. The van der Waals surface area contributed by atoms with E-state index < -0.39 is 6.04 Å². The summed E-state index contributed by atoms with van der Waals surface area (Å²) >= 11 is 0. The summed E-state index contributed by atoms with van der Waals surface area (Å²) in [6, 6.07) is 9.39. The van der Waals surface area contributed by atoms with E-state index in [2.05, 4.69) is 4.98 Å². The van der Waals surface area contributed by atoms with Crippen molar-refractivity contribution < 1.29 is 5.11 Å². The minimum absolute atomic E-state index is 0.0848. The summed E-state index contributed by atoms with van der Waals surface area (Å²) in [5.41, 5.74) is 7.57. The van der Waals surface area contributed by atoms with Gasteiger partial charge in [0, 0.05) is 5.69 Å². The van der Waals surface area contributed by atoms with Crippen LogP contribution in [0.3, 0.4) is 0 Å². The van der Waals surface area contributed by atoms with E-state index in [-0.39, 0.29) is 6.61 Å². The van der Waals surface area contributed by atoms with Gasteiger partial charge in [0.15, 0.2) is 0 Å². The van der Waals surface area contributed by atoms with E-state index in [9.17, 15) is 0 Å². The van der Waals surface area contributed by atoms with Crippen molar-refractivity contribution in [3.8, 4) is 5.69 Å². The minimum atomic E-state index is -0.396. The van der Waals surface area contributed by atoms with Crippen molar-refractivity contribution in [1.82, 2.24) is 9.55 Å². The highest BCUT2D eigenvalue weighted by Crippen LogP contribution is 2.15. The van der Waals surface area contributed by atoms with Gasteiger partial charge in [-0.15, -0.1) is 0 Å². The van der Waals surface area contributed by atoms with Crippen molar-refractivity contribution in [1.29, 1.82) is 0 Å². The van der Waals surface area contributed by atoms with Gasteiger partial charge in [-0.1, -0.05) is 18.2 Å². The summed E-state index contributed by atoms with van der Waals surface area (Å²) in [5.74, 6) is 0.